The van der Waals surface area contributed by atoms with Crippen molar-refractivity contribution in [3.05, 3.63) is 77.9 Å². The fourth-order valence-electron chi connectivity index (χ4n) is 1.91. The molecule has 0 fully saturated rings. The second-order valence-corrected chi connectivity index (χ2v) is 4.69. The van der Waals surface area contributed by atoms with E-state index in [-0.39, 0.29) is 0 Å². The third-order valence-corrected chi connectivity index (χ3v) is 3.19. The molecule has 0 saturated heterocycles. The van der Waals surface area contributed by atoms with Crippen LogP contribution in [0, 0.1) is 0 Å². The lowest BCUT2D eigenvalue weighted by molar-refractivity contribution is 0.463. The molecule has 0 radical (unpaired) electrons. The van der Waals surface area contributed by atoms with E-state index in [9.17, 15) is 0 Å². The Labute approximate surface area is 122 Å². The van der Waals surface area contributed by atoms with Crippen LogP contribution in [0.4, 0.5) is 0 Å². The maximum atomic E-state index is 6.28. The first-order valence-electron chi connectivity index (χ1n) is 6.27. The first-order valence-corrected chi connectivity index (χ1v) is 6.64. The molecule has 3 aromatic rings. The van der Waals surface area contributed by atoms with E-state index in [2.05, 4.69) is 4.98 Å². The van der Waals surface area contributed by atoms with E-state index in [1.54, 1.807) is 12.3 Å². The lowest BCUT2D eigenvalue weighted by Gasteiger charge is -2.08. The van der Waals surface area contributed by atoms with Gasteiger partial charge in [-0.3, -0.25) is 0 Å². The minimum atomic E-state index is 0.530. The quantitative estimate of drug-likeness (QED) is 0.659. The van der Waals surface area contributed by atoms with Crippen molar-refractivity contribution in [3.63, 3.8) is 0 Å². The van der Waals surface area contributed by atoms with E-state index in [1.807, 2.05) is 60.7 Å². The minimum absolute atomic E-state index is 0.530. The lowest BCUT2D eigenvalue weighted by atomic mass is 10.1. The van der Waals surface area contributed by atoms with Gasteiger partial charge >= 0.3 is 0 Å². The summed E-state index contributed by atoms with van der Waals surface area (Å²) in [5, 5.41) is 0.567. The molecule has 0 amide bonds. The number of aromatic nitrogens is 1. The highest BCUT2D eigenvalue weighted by atomic mass is 35.5. The van der Waals surface area contributed by atoms with E-state index in [0.717, 1.165) is 11.1 Å². The molecule has 3 rings (SSSR count). The van der Waals surface area contributed by atoms with Gasteiger partial charge in [-0.15, -0.1) is 0 Å². The topological polar surface area (TPSA) is 22.1 Å². The maximum absolute atomic E-state index is 6.28. The molecule has 0 saturated carbocycles. The fraction of sp³-hybridized carbons (Fsp3) is 0. The van der Waals surface area contributed by atoms with Crippen LogP contribution in [0.5, 0.6) is 11.6 Å². The van der Waals surface area contributed by atoms with Crippen molar-refractivity contribution < 1.29 is 4.74 Å². The molecular formula is C17H12ClNO. The molecule has 0 aliphatic rings. The molecule has 20 heavy (non-hydrogen) atoms. The predicted molar refractivity (Wildman–Crippen MR) is 81.2 cm³/mol. The zero-order chi connectivity index (χ0) is 13.8. The van der Waals surface area contributed by atoms with Gasteiger partial charge in [0, 0.05) is 12.3 Å². The molecule has 98 valence electrons. The van der Waals surface area contributed by atoms with Crippen LogP contribution in [0.2, 0.25) is 5.02 Å². The highest BCUT2D eigenvalue weighted by Crippen LogP contribution is 2.32. The molecule has 0 spiro atoms. The average molecular weight is 282 g/mol. The molecule has 0 aliphatic carbocycles. The number of rotatable bonds is 3. The highest BCUT2D eigenvalue weighted by Gasteiger charge is 2.06. The Balaban J connectivity index is 1.89. The van der Waals surface area contributed by atoms with Gasteiger partial charge in [0.2, 0.25) is 5.88 Å². The normalized spacial score (nSPS) is 10.2. The van der Waals surface area contributed by atoms with Crippen molar-refractivity contribution in [1.29, 1.82) is 0 Å². The zero-order valence-corrected chi connectivity index (χ0v) is 11.4. The van der Waals surface area contributed by atoms with Crippen LogP contribution < -0.4 is 4.74 Å². The zero-order valence-electron chi connectivity index (χ0n) is 10.7. The summed E-state index contributed by atoms with van der Waals surface area (Å²) in [6, 6.07) is 21.3. The van der Waals surface area contributed by atoms with Crippen LogP contribution in [0.15, 0.2) is 72.9 Å². The minimum Gasteiger partial charge on any atom is -0.437 e. The summed E-state index contributed by atoms with van der Waals surface area (Å²) in [5.74, 6) is 1.13. The molecule has 0 bridgehead atoms. The van der Waals surface area contributed by atoms with E-state index < -0.39 is 0 Å². The van der Waals surface area contributed by atoms with Crippen molar-refractivity contribution in [2.75, 3.05) is 0 Å². The lowest BCUT2D eigenvalue weighted by Crippen LogP contribution is -1.88. The Kier molecular flexibility index (Phi) is 3.66. The first kappa shape index (κ1) is 12.7. The summed E-state index contributed by atoms with van der Waals surface area (Å²) in [5.41, 5.74) is 2.18. The molecule has 0 aliphatic heterocycles. The van der Waals surface area contributed by atoms with Gasteiger partial charge in [-0.2, -0.15) is 0 Å². The van der Waals surface area contributed by atoms with E-state index in [4.69, 9.17) is 16.3 Å². The van der Waals surface area contributed by atoms with E-state index >= 15 is 0 Å². The maximum Gasteiger partial charge on any atom is 0.219 e. The second-order valence-electron chi connectivity index (χ2n) is 4.28. The van der Waals surface area contributed by atoms with Gasteiger partial charge in [-0.05, 0) is 29.3 Å². The van der Waals surface area contributed by atoms with Crippen LogP contribution >= 0.6 is 11.6 Å². The van der Waals surface area contributed by atoms with E-state index in [1.165, 1.54) is 0 Å². The van der Waals surface area contributed by atoms with Crippen molar-refractivity contribution >= 4 is 11.6 Å². The van der Waals surface area contributed by atoms with Crippen LogP contribution in [0.1, 0.15) is 0 Å². The van der Waals surface area contributed by atoms with Crippen molar-refractivity contribution in [2.24, 2.45) is 0 Å². The number of hydrogen-bond donors (Lipinski definition) is 0. The van der Waals surface area contributed by atoms with Crippen LogP contribution in [-0.2, 0) is 0 Å². The van der Waals surface area contributed by atoms with Gasteiger partial charge in [0.25, 0.3) is 0 Å². The monoisotopic (exact) mass is 281 g/mol. The van der Waals surface area contributed by atoms with Gasteiger partial charge in [-0.25, -0.2) is 4.98 Å². The summed E-state index contributed by atoms with van der Waals surface area (Å²) >= 11 is 6.28. The van der Waals surface area contributed by atoms with Gasteiger partial charge in [0.05, 0.1) is 5.02 Å². The Morgan fingerprint density at radius 3 is 2.30 bits per heavy atom. The smallest absolute Gasteiger partial charge is 0.219 e. The number of halogens is 1. The second kappa shape index (κ2) is 5.76. The molecular weight excluding hydrogens is 270 g/mol. The van der Waals surface area contributed by atoms with Crippen LogP contribution in [-0.4, -0.2) is 4.98 Å². The van der Waals surface area contributed by atoms with Crippen molar-refractivity contribution in [2.45, 2.75) is 0 Å². The summed E-state index contributed by atoms with van der Waals surface area (Å²) in [6.07, 6.45) is 1.68. The van der Waals surface area contributed by atoms with Crippen molar-refractivity contribution in [3.8, 4) is 22.8 Å². The Morgan fingerprint density at radius 1 is 0.800 bits per heavy atom. The van der Waals surface area contributed by atoms with E-state index in [0.29, 0.717) is 16.7 Å². The summed E-state index contributed by atoms with van der Waals surface area (Å²) in [4.78, 5) is 4.11. The molecule has 3 heteroatoms. The standard InChI is InChI=1S/C17H12ClNO/c18-15-12-14(13-6-2-1-3-7-13)9-10-16(15)20-17-8-4-5-11-19-17/h1-12H. The largest absolute Gasteiger partial charge is 0.437 e. The molecule has 1 heterocycles. The SMILES string of the molecule is Clc1cc(-c2ccccc2)ccc1Oc1ccccn1. The van der Waals surface area contributed by atoms with Gasteiger partial charge < -0.3 is 4.74 Å². The molecule has 2 nitrogen and oxygen atoms in total. The van der Waals surface area contributed by atoms with Crippen molar-refractivity contribution in [1.82, 2.24) is 4.98 Å². The number of nitrogens with zero attached hydrogens (tertiary/aromatic N) is 1. The van der Waals surface area contributed by atoms with Gasteiger partial charge in [0.15, 0.2) is 0 Å². The number of benzene rings is 2. The summed E-state index contributed by atoms with van der Waals surface area (Å²) < 4.78 is 5.66. The van der Waals surface area contributed by atoms with Gasteiger partial charge in [-0.1, -0.05) is 54.1 Å². The average Bonchev–Trinajstić information content (AvgIpc) is 2.51. The third-order valence-electron chi connectivity index (χ3n) is 2.89. The number of ether oxygens (including phenoxy) is 1. The molecule has 1 aromatic heterocycles. The third kappa shape index (κ3) is 2.81. The number of hydrogen-bond acceptors (Lipinski definition) is 2. The Bertz CT molecular complexity index is 699. The van der Waals surface area contributed by atoms with Gasteiger partial charge in [0.1, 0.15) is 5.75 Å². The van der Waals surface area contributed by atoms with Crippen LogP contribution in [0.3, 0.4) is 0 Å². The number of pyridine rings is 1. The fourth-order valence-corrected chi connectivity index (χ4v) is 2.13. The summed E-state index contributed by atoms with van der Waals surface area (Å²) in [7, 11) is 0. The molecule has 0 unspecified atom stereocenters. The predicted octanol–water partition coefficient (Wildman–Crippen LogP) is 5.19. The Hall–Kier alpha value is -2.32. The molecule has 0 N–H and O–H groups in total. The summed E-state index contributed by atoms with van der Waals surface area (Å²) in [6.45, 7) is 0. The first-order chi connectivity index (χ1) is 9.83. The van der Waals surface area contributed by atoms with Crippen LogP contribution in [0.25, 0.3) is 11.1 Å². The highest BCUT2D eigenvalue weighted by molar-refractivity contribution is 6.32. The molecule has 0 atom stereocenters. The molecule has 2 aromatic carbocycles. The Morgan fingerprint density at radius 2 is 1.60 bits per heavy atom.